The van der Waals surface area contributed by atoms with Gasteiger partial charge in [0.2, 0.25) is 0 Å². The van der Waals surface area contributed by atoms with E-state index in [1.807, 2.05) is 52.2 Å². The van der Waals surface area contributed by atoms with Crippen LogP contribution >= 0.6 is 0 Å². The van der Waals surface area contributed by atoms with Crippen LogP contribution in [-0.4, -0.2) is 21.7 Å². The summed E-state index contributed by atoms with van der Waals surface area (Å²) in [4.78, 5) is 0. The summed E-state index contributed by atoms with van der Waals surface area (Å²) >= 11 is 0. The molecule has 1 aromatic rings. The summed E-state index contributed by atoms with van der Waals surface area (Å²) in [5.41, 5.74) is -0.00660. The molecule has 2 heterocycles. The highest BCUT2D eigenvalue weighted by atomic mass is 16.5. The molecule has 0 fully saturated rings. The second-order valence-corrected chi connectivity index (χ2v) is 5.77. The lowest BCUT2D eigenvalue weighted by atomic mass is 9.84. The Morgan fingerprint density at radius 3 is 2.11 bits per heavy atom. The number of nitrogens with zero attached hydrogens (tertiary/aromatic N) is 3. The molecule has 0 atom stereocenters. The van der Waals surface area contributed by atoms with Gasteiger partial charge < -0.3 is 5.21 Å². The summed E-state index contributed by atoms with van der Waals surface area (Å²) in [6.07, 6.45) is 3.95. The average Bonchev–Trinajstić information content (AvgIpc) is 2.50. The van der Waals surface area contributed by atoms with Crippen LogP contribution in [0.2, 0.25) is 0 Å². The smallest absolute Gasteiger partial charge is 0.324 e. The highest BCUT2D eigenvalue weighted by Crippen LogP contribution is 2.31. The summed E-state index contributed by atoms with van der Waals surface area (Å²) in [5, 5.41) is 17.0. The van der Waals surface area contributed by atoms with Gasteiger partial charge in [0.1, 0.15) is 12.1 Å². The summed E-state index contributed by atoms with van der Waals surface area (Å²) in [5.74, 6) is 0.535. The molecule has 4 heteroatoms. The largest absolute Gasteiger partial charge is 0.714 e. The molecule has 1 radical (unpaired) electrons. The third-order valence-corrected chi connectivity index (χ3v) is 4.10. The first-order valence-corrected chi connectivity index (χ1v) is 6.36. The van der Waals surface area contributed by atoms with Crippen LogP contribution in [-0.2, 0) is 6.54 Å². The van der Waals surface area contributed by atoms with E-state index in [2.05, 4.69) is 16.8 Å². The second kappa shape index (κ2) is 3.97. The van der Waals surface area contributed by atoms with Crippen molar-refractivity contribution in [3.63, 3.8) is 0 Å². The number of aromatic nitrogens is 1. The van der Waals surface area contributed by atoms with E-state index in [9.17, 15) is 5.21 Å². The molecule has 0 unspecified atom stereocenters. The van der Waals surface area contributed by atoms with Crippen molar-refractivity contribution in [1.29, 1.82) is 0 Å². The minimum absolute atomic E-state index is 0.374. The monoisotopic (exact) mass is 247 g/mol. The molecule has 0 aliphatic carbocycles. The zero-order valence-electron chi connectivity index (χ0n) is 11.8. The van der Waals surface area contributed by atoms with Crippen molar-refractivity contribution in [2.75, 3.05) is 0 Å². The lowest BCUT2D eigenvalue weighted by Gasteiger charge is -2.30. The molecule has 1 aromatic heterocycles. The predicted octanol–water partition coefficient (Wildman–Crippen LogP) is 1.43. The topological polar surface area (TPSA) is 44.0 Å². The number of rotatable bonds is 2. The molecule has 0 amide bonds. The van der Waals surface area contributed by atoms with E-state index < -0.39 is 5.54 Å². The van der Waals surface area contributed by atoms with E-state index in [0.29, 0.717) is 5.84 Å². The first-order valence-electron chi connectivity index (χ1n) is 6.36. The van der Waals surface area contributed by atoms with Crippen LogP contribution in [0.15, 0.2) is 24.5 Å². The van der Waals surface area contributed by atoms with E-state index in [4.69, 9.17) is 0 Å². The van der Waals surface area contributed by atoms with Crippen LogP contribution in [0.4, 0.5) is 0 Å². The maximum Gasteiger partial charge on any atom is 0.324 e. The number of hydrogen-bond acceptors (Lipinski definition) is 1. The van der Waals surface area contributed by atoms with Crippen molar-refractivity contribution in [2.45, 2.75) is 52.2 Å². The molecule has 0 bridgehead atoms. The minimum Gasteiger partial charge on any atom is -0.714 e. The Labute approximate surface area is 109 Å². The van der Waals surface area contributed by atoms with Crippen molar-refractivity contribution in [3.8, 4) is 0 Å². The van der Waals surface area contributed by atoms with Gasteiger partial charge in [-0.25, -0.2) is 4.57 Å². The Bertz CT molecular complexity index is 486. The van der Waals surface area contributed by atoms with Crippen molar-refractivity contribution in [2.24, 2.45) is 0 Å². The molecule has 18 heavy (non-hydrogen) atoms. The number of amidine groups is 1. The maximum absolute atomic E-state index is 12.4. The summed E-state index contributed by atoms with van der Waals surface area (Å²) < 4.78 is 3.10. The van der Waals surface area contributed by atoms with E-state index in [0.717, 1.165) is 16.8 Å². The number of aryl methyl sites for hydroxylation is 1. The summed E-state index contributed by atoms with van der Waals surface area (Å²) in [7, 11) is 0. The minimum atomic E-state index is -0.515. The van der Waals surface area contributed by atoms with Crippen LogP contribution in [0.3, 0.4) is 0 Å². The van der Waals surface area contributed by atoms with Crippen molar-refractivity contribution >= 4 is 5.84 Å². The van der Waals surface area contributed by atoms with Gasteiger partial charge in [-0.1, -0.05) is 5.32 Å². The normalized spacial score (nSPS) is 20.9. The van der Waals surface area contributed by atoms with E-state index in [1.54, 1.807) is 0 Å². The van der Waals surface area contributed by atoms with Crippen LogP contribution in [0.1, 0.15) is 40.2 Å². The fourth-order valence-corrected chi connectivity index (χ4v) is 1.96. The van der Waals surface area contributed by atoms with Crippen LogP contribution in [0.25, 0.3) is 0 Å². The Balaban J connectivity index is 2.42. The average molecular weight is 247 g/mol. The first kappa shape index (κ1) is 12.9. The summed E-state index contributed by atoms with van der Waals surface area (Å²) in [6.45, 7) is 10.9. The molecule has 0 saturated heterocycles. The Morgan fingerprint density at radius 1 is 1.17 bits per heavy atom. The second-order valence-electron chi connectivity index (χ2n) is 5.77. The molecule has 4 nitrogen and oxygen atoms in total. The molecule has 0 aromatic carbocycles. The van der Waals surface area contributed by atoms with Gasteiger partial charge in [0.05, 0.1) is 5.56 Å². The zero-order valence-corrected chi connectivity index (χ0v) is 11.8. The van der Waals surface area contributed by atoms with Crippen LogP contribution in [0, 0.1) is 5.21 Å². The van der Waals surface area contributed by atoms with Crippen molar-refractivity contribution in [3.05, 3.63) is 35.3 Å². The fraction of sp³-hybridized carbons (Fsp3) is 0.571. The Kier molecular flexibility index (Phi) is 2.84. The lowest BCUT2D eigenvalue weighted by molar-refractivity contribution is -0.693. The molecular weight excluding hydrogens is 226 g/mol. The highest BCUT2D eigenvalue weighted by Gasteiger charge is 2.55. The molecule has 1 aliphatic heterocycles. The third kappa shape index (κ3) is 1.76. The SMILES string of the molecule is CC[n+]1ccc(C2=[N+]([O-])C(C)(C)C(C)(C)[N]2)cc1. The van der Waals surface area contributed by atoms with Gasteiger partial charge in [-0.2, -0.15) is 0 Å². The number of pyridine rings is 1. The maximum atomic E-state index is 12.4. The van der Waals surface area contributed by atoms with E-state index >= 15 is 0 Å². The van der Waals surface area contributed by atoms with E-state index in [1.165, 1.54) is 0 Å². The van der Waals surface area contributed by atoms with E-state index in [-0.39, 0.29) is 5.54 Å². The fourth-order valence-electron chi connectivity index (χ4n) is 1.96. The molecule has 0 spiro atoms. The van der Waals surface area contributed by atoms with Gasteiger partial charge in [0, 0.05) is 12.1 Å². The predicted molar refractivity (Wildman–Crippen MR) is 70.3 cm³/mol. The molecule has 0 saturated carbocycles. The highest BCUT2D eigenvalue weighted by molar-refractivity contribution is 5.96. The molecule has 1 aliphatic rings. The van der Waals surface area contributed by atoms with Crippen LogP contribution < -0.4 is 9.88 Å². The number of hydroxylamine groups is 1. The molecular formula is C14H21N3O+. The van der Waals surface area contributed by atoms with Gasteiger partial charge in [-0.3, -0.25) is 4.74 Å². The van der Waals surface area contributed by atoms with Crippen molar-refractivity contribution in [1.82, 2.24) is 5.32 Å². The van der Waals surface area contributed by atoms with Gasteiger partial charge in [-0.15, -0.1) is 0 Å². The van der Waals surface area contributed by atoms with Crippen LogP contribution in [0.5, 0.6) is 0 Å². The Morgan fingerprint density at radius 2 is 1.72 bits per heavy atom. The molecule has 0 N–H and O–H groups in total. The van der Waals surface area contributed by atoms with Crippen molar-refractivity contribution < 1.29 is 9.31 Å². The molecule has 2 rings (SSSR count). The Hall–Kier alpha value is -1.58. The molecule has 97 valence electrons. The zero-order chi connectivity index (χ0) is 13.6. The number of hydrogen-bond donors (Lipinski definition) is 0. The summed E-state index contributed by atoms with van der Waals surface area (Å²) in [6, 6.07) is 3.90. The third-order valence-electron chi connectivity index (χ3n) is 4.10. The standard InChI is InChI=1S/C14H21N3O/c1-6-16-9-7-11(8-10-16)12-15-13(2,3)14(4,5)17(12)18/h7-10H,6H2,1-5H3/q+1. The quantitative estimate of drug-likeness (QED) is 0.576. The van der Waals surface area contributed by atoms with Gasteiger partial charge in [-0.05, 0) is 34.6 Å². The van der Waals surface area contributed by atoms with Gasteiger partial charge >= 0.3 is 5.84 Å². The van der Waals surface area contributed by atoms with Gasteiger partial charge in [0.15, 0.2) is 17.9 Å². The van der Waals surface area contributed by atoms with Gasteiger partial charge in [0.25, 0.3) is 0 Å². The lowest BCUT2D eigenvalue weighted by Crippen LogP contribution is -2.50. The first-order chi connectivity index (χ1) is 8.29.